The summed E-state index contributed by atoms with van der Waals surface area (Å²) in [5.74, 6) is 1.43. The molecule has 0 aliphatic carbocycles. The first-order chi connectivity index (χ1) is 12.8. The van der Waals surface area contributed by atoms with E-state index in [0.717, 1.165) is 0 Å². The van der Waals surface area contributed by atoms with E-state index in [9.17, 15) is 9.36 Å². The van der Waals surface area contributed by atoms with Crippen molar-refractivity contribution in [2.45, 2.75) is 6.92 Å². The quantitative estimate of drug-likeness (QED) is 0.436. The van der Waals surface area contributed by atoms with Gasteiger partial charge in [0.1, 0.15) is 5.75 Å². The minimum Gasteiger partial charge on any atom is -0.497 e. The van der Waals surface area contributed by atoms with Crippen molar-refractivity contribution in [1.29, 1.82) is 0 Å². The van der Waals surface area contributed by atoms with Crippen LogP contribution in [0.3, 0.4) is 0 Å². The number of esters is 1. The van der Waals surface area contributed by atoms with E-state index >= 15 is 0 Å². The number of carbonyl (C=O) groups excluding carboxylic acids is 1. The van der Waals surface area contributed by atoms with Crippen molar-refractivity contribution in [1.82, 2.24) is 0 Å². The van der Waals surface area contributed by atoms with Gasteiger partial charge in [-0.3, -0.25) is 4.57 Å². The summed E-state index contributed by atoms with van der Waals surface area (Å²) in [4.78, 5) is 11.7. The number of carbonyl (C=O) groups is 1. The highest BCUT2D eigenvalue weighted by Gasteiger charge is 2.23. The predicted octanol–water partition coefficient (Wildman–Crippen LogP) is 5.40. The third-order valence-electron chi connectivity index (χ3n) is 3.65. The molecule has 0 N–H and O–H groups in total. The number of rotatable bonds is 7. The van der Waals surface area contributed by atoms with Gasteiger partial charge < -0.3 is 14.0 Å². The van der Waals surface area contributed by atoms with E-state index in [1.54, 1.807) is 37.3 Å². The van der Waals surface area contributed by atoms with E-state index in [1.165, 1.54) is 32.2 Å². The van der Waals surface area contributed by atoms with Gasteiger partial charge in [0.15, 0.2) is 0 Å². The Morgan fingerprint density at radius 1 is 1.15 bits per heavy atom. The molecule has 1 atom stereocenters. The van der Waals surface area contributed by atoms with Crippen LogP contribution in [0.4, 0.5) is 0 Å². The summed E-state index contributed by atoms with van der Waals surface area (Å²) < 4.78 is 28.7. The van der Waals surface area contributed by atoms with Crippen molar-refractivity contribution in [3.63, 3.8) is 0 Å². The molecule has 0 radical (unpaired) electrons. The lowest BCUT2D eigenvalue weighted by molar-refractivity contribution is 0.0601. The maximum absolute atomic E-state index is 13.3. The molecule has 0 bridgehead atoms. The molecule has 2 aromatic rings. The molecule has 0 aliphatic rings. The van der Waals surface area contributed by atoms with Gasteiger partial charge in [-0.15, -0.1) is 0 Å². The Labute approximate surface area is 168 Å². The Morgan fingerprint density at radius 2 is 1.81 bits per heavy atom. The van der Waals surface area contributed by atoms with Gasteiger partial charge in [-0.05, 0) is 48.9 Å². The predicted molar refractivity (Wildman–Crippen MR) is 109 cm³/mol. The molecule has 0 aromatic heterocycles. The van der Waals surface area contributed by atoms with Gasteiger partial charge in [-0.2, -0.15) is 0 Å². The summed E-state index contributed by atoms with van der Waals surface area (Å²) in [6.45, 7) is 2.03. The summed E-state index contributed by atoms with van der Waals surface area (Å²) in [5.41, 5.74) is 0.652. The number of hydrogen-bond donors (Lipinski definition) is 0. The van der Waals surface area contributed by atoms with Crippen LogP contribution in [-0.4, -0.2) is 26.8 Å². The van der Waals surface area contributed by atoms with E-state index in [0.29, 0.717) is 16.6 Å². The van der Waals surface area contributed by atoms with Gasteiger partial charge in [0.25, 0.3) is 7.37 Å². The normalized spacial score (nSPS) is 13.4. The zero-order valence-electron chi connectivity index (χ0n) is 15.1. The second kappa shape index (κ2) is 9.43. The maximum atomic E-state index is 13.3. The lowest BCUT2D eigenvalue weighted by Crippen LogP contribution is -2.06. The molecule has 0 aliphatic heterocycles. The van der Waals surface area contributed by atoms with E-state index in [1.807, 2.05) is 0 Å². The third-order valence-corrected chi connectivity index (χ3v) is 6.43. The van der Waals surface area contributed by atoms with Crippen molar-refractivity contribution in [3.8, 4) is 5.75 Å². The molecule has 0 amide bonds. The first-order valence-electron chi connectivity index (χ1n) is 8.00. The molecule has 0 spiro atoms. The highest BCUT2D eigenvalue weighted by atomic mass is 35.5. The van der Waals surface area contributed by atoms with Crippen molar-refractivity contribution in [2.24, 2.45) is 0 Å². The van der Waals surface area contributed by atoms with Crippen LogP contribution in [-0.2, 0) is 13.8 Å². The van der Waals surface area contributed by atoms with E-state index < -0.39 is 13.3 Å². The van der Waals surface area contributed by atoms with Gasteiger partial charge in [0, 0.05) is 11.1 Å². The first kappa shape index (κ1) is 21.5. The number of hydrogen-bond acceptors (Lipinski definition) is 5. The summed E-state index contributed by atoms with van der Waals surface area (Å²) >= 11 is 12.3. The molecule has 144 valence electrons. The smallest absolute Gasteiger partial charge is 0.340 e. The largest absolute Gasteiger partial charge is 0.497 e. The van der Waals surface area contributed by atoms with Crippen molar-refractivity contribution < 1.29 is 23.4 Å². The number of ether oxygens (including phenoxy) is 2. The van der Waals surface area contributed by atoms with Gasteiger partial charge in [0.05, 0.1) is 36.4 Å². The fraction of sp³-hybridized carbons (Fsp3) is 0.211. The Kier molecular flexibility index (Phi) is 7.51. The molecule has 0 saturated carbocycles. The first-order valence-corrected chi connectivity index (χ1v) is 10.4. The average Bonchev–Trinajstić information content (AvgIpc) is 2.66. The second-order valence-corrected chi connectivity index (χ2v) is 8.46. The fourth-order valence-corrected chi connectivity index (χ4v) is 4.79. The molecule has 0 saturated heterocycles. The zero-order chi connectivity index (χ0) is 20.0. The van der Waals surface area contributed by atoms with Crippen LogP contribution < -0.4 is 10.0 Å². The van der Waals surface area contributed by atoms with Crippen molar-refractivity contribution in [2.75, 3.05) is 20.8 Å². The third kappa shape index (κ3) is 5.14. The van der Waals surface area contributed by atoms with Crippen LogP contribution in [0.5, 0.6) is 5.75 Å². The Hall–Kier alpha value is -1.78. The highest BCUT2D eigenvalue weighted by molar-refractivity contribution is 7.70. The number of benzene rings is 2. The monoisotopic (exact) mass is 428 g/mol. The van der Waals surface area contributed by atoms with Gasteiger partial charge in [0.2, 0.25) is 0 Å². The van der Waals surface area contributed by atoms with Crippen LogP contribution in [0.2, 0.25) is 10.0 Å². The topological polar surface area (TPSA) is 61.8 Å². The molecular formula is C19H19Cl2O5P. The standard InChI is InChI=1S/C19H19Cl2O5P/c1-4-26-27(23,15-7-5-6-14(12-15)24-2)9-8-13-10-16(20)18(17(21)11-13)19(22)25-3/h5-12H,4H2,1-3H3/b9-8+. The zero-order valence-corrected chi connectivity index (χ0v) is 17.5. The van der Waals surface area contributed by atoms with Crippen LogP contribution in [0.15, 0.2) is 42.2 Å². The molecule has 2 aromatic carbocycles. The van der Waals surface area contributed by atoms with E-state index in [4.69, 9.17) is 32.5 Å². The van der Waals surface area contributed by atoms with Crippen molar-refractivity contribution >= 4 is 47.9 Å². The van der Waals surface area contributed by atoms with Crippen LogP contribution in [0.1, 0.15) is 22.8 Å². The van der Waals surface area contributed by atoms with Crippen LogP contribution >= 0.6 is 30.6 Å². The molecule has 1 unspecified atom stereocenters. The molecule has 2 rings (SSSR count). The van der Waals surface area contributed by atoms with Gasteiger partial charge in [-0.25, -0.2) is 4.79 Å². The maximum Gasteiger partial charge on any atom is 0.340 e. The summed E-state index contributed by atoms with van der Waals surface area (Å²) in [7, 11) is -0.502. The summed E-state index contributed by atoms with van der Waals surface area (Å²) in [6.07, 6.45) is 1.59. The Morgan fingerprint density at radius 3 is 2.37 bits per heavy atom. The Balaban J connectivity index is 2.43. The molecule has 8 heteroatoms. The minimum atomic E-state index is -3.28. The summed E-state index contributed by atoms with van der Waals surface area (Å²) in [5, 5.41) is 0.784. The number of halogens is 2. The number of methoxy groups -OCH3 is 2. The molecule has 5 nitrogen and oxygen atoms in total. The minimum absolute atomic E-state index is 0.0822. The van der Waals surface area contributed by atoms with E-state index in [2.05, 4.69) is 4.74 Å². The van der Waals surface area contributed by atoms with E-state index in [-0.39, 0.29) is 22.2 Å². The van der Waals surface area contributed by atoms with Gasteiger partial charge >= 0.3 is 5.97 Å². The van der Waals surface area contributed by atoms with Crippen LogP contribution in [0.25, 0.3) is 6.08 Å². The van der Waals surface area contributed by atoms with Gasteiger partial charge in [-0.1, -0.05) is 29.3 Å². The fourth-order valence-electron chi connectivity index (χ4n) is 2.37. The SMILES string of the molecule is CCOP(=O)(/C=C/c1cc(Cl)c(C(=O)OC)c(Cl)c1)c1cccc(OC)c1. The summed E-state index contributed by atoms with van der Waals surface area (Å²) in [6, 6.07) is 9.96. The molecule has 0 fully saturated rings. The lowest BCUT2D eigenvalue weighted by atomic mass is 10.1. The molecule has 27 heavy (non-hydrogen) atoms. The van der Waals surface area contributed by atoms with Crippen molar-refractivity contribution in [3.05, 3.63) is 63.4 Å². The lowest BCUT2D eigenvalue weighted by Gasteiger charge is -2.15. The average molecular weight is 429 g/mol. The Bertz CT molecular complexity index is 888. The second-order valence-electron chi connectivity index (χ2n) is 5.38. The molecule has 0 heterocycles. The highest BCUT2D eigenvalue weighted by Crippen LogP contribution is 2.48. The molecular weight excluding hydrogens is 410 g/mol. The van der Waals surface area contributed by atoms with Crippen LogP contribution in [0, 0.1) is 0 Å².